The Kier molecular flexibility index (Phi) is 3.88. The molecule has 0 radical (unpaired) electrons. The van der Waals surface area contributed by atoms with Crippen molar-refractivity contribution in [3.05, 3.63) is 35.9 Å². The van der Waals surface area contributed by atoms with Crippen molar-refractivity contribution in [2.45, 2.75) is 25.0 Å². The van der Waals surface area contributed by atoms with Crippen molar-refractivity contribution in [3.8, 4) is 0 Å². The van der Waals surface area contributed by atoms with Crippen LogP contribution in [0.1, 0.15) is 23.2 Å². The van der Waals surface area contributed by atoms with E-state index < -0.39 is 0 Å². The van der Waals surface area contributed by atoms with Crippen LogP contribution in [0.4, 0.5) is 0 Å². The first-order chi connectivity index (χ1) is 8.29. The van der Waals surface area contributed by atoms with E-state index in [1.165, 1.54) is 0 Å². The lowest BCUT2D eigenvalue weighted by Crippen LogP contribution is -2.33. The molecule has 2 atom stereocenters. The van der Waals surface area contributed by atoms with E-state index in [2.05, 4.69) is 0 Å². The average Bonchev–Trinajstić information content (AvgIpc) is 2.40. The molecule has 0 spiro atoms. The second kappa shape index (κ2) is 5.59. The van der Waals surface area contributed by atoms with Crippen LogP contribution in [0.2, 0.25) is 0 Å². The van der Waals surface area contributed by atoms with Gasteiger partial charge < -0.3 is 14.3 Å². The Morgan fingerprint density at radius 3 is 2.65 bits per heavy atom. The first-order valence-electron chi connectivity index (χ1n) is 5.62. The third-order valence-corrected chi connectivity index (χ3v) is 2.70. The van der Waals surface area contributed by atoms with Gasteiger partial charge in [0.1, 0.15) is 18.5 Å². The molecule has 0 saturated carbocycles. The monoisotopic (exact) mass is 234 g/mol. The molecule has 1 aromatic carbocycles. The van der Waals surface area contributed by atoms with Gasteiger partial charge in [-0.2, -0.15) is 0 Å². The van der Waals surface area contributed by atoms with E-state index >= 15 is 0 Å². The van der Waals surface area contributed by atoms with Gasteiger partial charge in [-0.25, -0.2) is 4.79 Å². The highest BCUT2D eigenvalue weighted by Crippen LogP contribution is 2.16. The Labute approximate surface area is 99.5 Å². The Morgan fingerprint density at radius 2 is 2.06 bits per heavy atom. The fraction of sp³-hybridized carbons (Fsp3) is 0.385. The molecule has 1 saturated heterocycles. The van der Waals surface area contributed by atoms with Crippen molar-refractivity contribution >= 4 is 12.3 Å². The predicted octanol–water partition coefficient (Wildman–Crippen LogP) is 1.59. The molecule has 2 rings (SSSR count). The Morgan fingerprint density at radius 1 is 1.29 bits per heavy atom. The quantitative estimate of drug-likeness (QED) is 0.588. The van der Waals surface area contributed by atoms with Crippen LogP contribution in [-0.2, 0) is 14.3 Å². The van der Waals surface area contributed by atoms with Crippen LogP contribution in [0.25, 0.3) is 0 Å². The molecule has 90 valence electrons. The van der Waals surface area contributed by atoms with Crippen molar-refractivity contribution in [1.29, 1.82) is 0 Å². The number of rotatable bonds is 3. The maximum absolute atomic E-state index is 11.7. The SMILES string of the molecule is O=CC1CCC(OC(=O)c2ccccc2)CO1. The van der Waals surface area contributed by atoms with E-state index in [1.54, 1.807) is 24.3 Å². The lowest BCUT2D eigenvalue weighted by Gasteiger charge is -2.25. The van der Waals surface area contributed by atoms with E-state index in [1.807, 2.05) is 6.07 Å². The average molecular weight is 234 g/mol. The number of aldehydes is 1. The van der Waals surface area contributed by atoms with Gasteiger partial charge in [0.25, 0.3) is 0 Å². The second-order valence-electron chi connectivity index (χ2n) is 3.98. The van der Waals surface area contributed by atoms with Crippen LogP contribution in [0.5, 0.6) is 0 Å². The molecule has 0 bridgehead atoms. The number of hydrogen-bond acceptors (Lipinski definition) is 4. The van der Waals surface area contributed by atoms with Gasteiger partial charge in [-0.15, -0.1) is 0 Å². The summed E-state index contributed by atoms with van der Waals surface area (Å²) in [5.74, 6) is -0.344. The van der Waals surface area contributed by atoms with Gasteiger partial charge in [-0.3, -0.25) is 0 Å². The number of hydrogen-bond donors (Lipinski definition) is 0. The summed E-state index contributed by atoms with van der Waals surface area (Å²) < 4.78 is 10.5. The number of benzene rings is 1. The molecule has 0 amide bonds. The summed E-state index contributed by atoms with van der Waals surface area (Å²) >= 11 is 0. The Balaban J connectivity index is 1.86. The molecule has 0 aliphatic carbocycles. The zero-order valence-electron chi connectivity index (χ0n) is 9.37. The highest BCUT2D eigenvalue weighted by molar-refractivity contribution is 5.89. The number of ether oxygens (including phenoxy) is 2. The minimum absolute atomic E-state index is 0.251. The third-order valence-electron chi connectivity index (χ3n) is 2.70. The highest BCUT2D eigenvalue weighted by atomic mass is 16.6. The normalized spacial score (nSPS) is 24.0. The molecular formula is C13H14O4. The summed E-state index contributed by atoms with van der Waals surface area (Å²) in [7, 11) is 0. The smallest absolute Gasteiger partial charge is 0.338 e. The van der Waals surface area contributed by atoms with Crippen LogP contribution >= 0.6 is 0 Å². The first kappa shape index (κ1) is 11.8. The van der Waals surface area contributed by atoms with E-state index in [0.717, 1.165) is 6.29 Å². The fourth-order valence-corrected chi connectivity index (χ4v) is 1.74. The van der Waals surface area contributed by atoms with Crippen molar-refractivity contribution in [2.24, 2.45) is 0 Å². The summed E-state index contributed by atoms with van der Waals surface area (Å²) in [6.45, 7) is 0.294. The summed E-state index contributed by atoms with van der Waals surface area (Å²) in [5, 5.41) is 0. The van der Waals surface area contributed by atoms with Crippen LogP contribution in [-0.4, -0.2) is 31.1 Å². The topological polar surface area (TPSA) is 52.6 Å². The number of carbonyl (C=O) groups is 2. The molecule has 0 aromatic heterocycles. The van der Waals surface area contributed by atoms with Crippen LogP contribution in [0.15, 0.2) is 30.3 Å². The zero-order chi connectivity index (χ0) is 12.1. The van der Waals surface area contributed by atoms with E-state index in [0.29, 0.717) is 25.0 Å². The fourth-order valence-electron chi connectivity index (χ4n) is 1.74. The van der Waals surface area contributed by atoms with Crippen molar-refractivity contribution < 1.29 is 19.1 Å². The van der Waals surface area contributed by atoms with Gasteiger partial charge in [-0.05, 0) is 25.0 Å². The van der Waals surface area contributed by atoms with Crippen molar-refractivity contribution in [3.63, 3.8) is 0 Å². The van der Waals surface area contributed by atoms with Crippen molar-refractivity contribution in [1.82, 2.24) is 0 Å². The first-order valence-corrected chi connectivity index (χ1v) is 5.62. The Hall–Kier alpha value is -1.68. The van der Waals surface area contributed by atoms with Crippen LogP contribution in [0, 0.1) is 0 Å². The Bertz CT molecular complexity index is 380. The molecule has 4 nitrogen and oxygen atoms in total. The molecule has 4 heteroatoms. The predicted molar refractivity (Wildman–Crippen MR) is 60.7 cm³/mol. The molecule has 0 N–H and O–H groups in total. The lowest BCUT2D eigenvalue weighted by molar-refractivity contribution is -0.126. The van der Waals surface area contributed by atoms with E-state index in [4.69, 9.17) is 9.47 Å². The van der Waals surface area contributed by atoms with E-state index in [-0.39, 0.29) is 18.2 Å². The maximum Gasteiger partial charge on any atom is 0.338 e. The largest absolute Gasteiger partial charge is 0.456 e. The molecule has 1 aromatic rings. The molecule has 1 aliphatic heterocycles. The summed E-state index contributed by atoms with van der Waals surface area (Å²) in [6, 6.07) is 8.84. The molecule has 17 heavy (non-hydrogen) atoms. The van der Waals surface area contributed by atoms with Crippen molar-refractivity contribution in [2.75, 3.05) is 6.61 Å². The highest BCUT2D eigenvalue weighted by Gasteiger charge is 2.24. The molecule has 2 unspecified atom stereocenters. The number of esters is 1. The summed E-state index contributed by atoms with van der Waals surface area (Å²) in [5.41, 5.74) is 0.532. The number of carbonyl (C=O) groups excluding carboxylic acids is 2. The van der Waals surface area contributed by atoms with Gasteiger partial charge in [0.2, 0.25) is 0 Å². The second-order valence-corrected chi connectivity index (χ2v) is 3.98. The van der Waals surface area contributed by atoms with E-state index in [9.17, 15) is 9.59 Å². The third kappa shape index (κ3) is 3.14. The minimum atomic E-state index is -0.346. The summed E-state index contributed by atoms with van der Waals surface area (Å²) in [4.78, 5) is 22.2. The van der Waals surface area contributed by atoms with Gasteiger partial charge in [0, 0.05) is 0 Å². The molecule has 1 fully saturated rings. The van der Waals surface area contributed by atoms with Crippen LogP contribution < -0.4 is 0 Å². The van der Waals surface area contributed by atoms with Gasteiger partial charge >= 0.3 is 5.97 Å². The van der Waals surface area contributed by atoms with Gasteiger partial charge in [0.15, 0.2) is 0 Å². The lowest BCUT2D eigenvalue weighted by atomic mass is 10.1. The minimum Gasteiger partial charge on any atom is -0.456 e. The molecular weight excluding hydrogens is 220 g/mol. The molecule has 1 heterocycles. The van der Waals surface area contributed by atoms with Gasteiger partial charge in [-0.1, -0.05) is 18.2 Å². The maximum atomic E-state index is 11.7. The standard InChI is InChI=1S/C13H14O4/c14-8-11-6-7-12(9-16-11)17-13(15)10-4-2-1-3-5-10/h1-5,8,11-12H,6-7,9H2. The van der Waals surface area contributed by atoms with Gasteiger partial charge in [0.05, 0.1) is 12.2 Å². The van der Waals surface area contributed by atoms with Crippen LogP contribution in [0.3, 0.4) is 0 Å². The zero-order valence-corrected chi connectivity index (χ0v) is 9.37. The summed E-state index contributed by atoms with van der Waals surface area (Å²) in [6.07, 6.45) is 1.47. The molecule has 1 aliphatic rings.